The fourth-order valence-electron chi connectivity index (χ4n) is 1.34. The molecule has 0 fully saturated rings. The molecule has 0 bridgehead atoms. The van der Waals surface area contributed by atoms with Crippen molar-refractivity contribution in [3.63, 3.8) is 0 Å². The molecule has 0 aliphatic carbocycles. The van der Waals surface area contributed by atoms with Gasteiger partial charge < -0.3 is 9.55 Å². The maximum atomic E-state index is 4.40. The number of nitrogens with zero attached hydrogens (tertiary/aromatic N) is 3. The van der Waals surface area contributed by atoms with Gasteiger partial charge in [-0.3, -0.25) is 0 Å². The molecule has 74 valence electrons. The highest BCUT2D eigenvalue weighted by atomic mass is 15.1. The molecule has 2 aromatic rings. The monoisotopic (exact) mass is 190 g/mol. The molecule has 0 amide bonds. The van der Waals surface area contributed by atoms with Crippen LogP contribution < -0.4 is 0 Å². The SMILES string of the molecule is CCc1cnc(-c2cn(C)c(C)n2)[nH]1. The van der Waals surface area contributed by atoms with Gasteiger partial charge in [-0.2, -0.15) is 0 Å². The van der Waals surface area contributed by atoms with Gasteiger partial charge in [0.05, 0.1) is 0 Å². The Morgan fingerprint density at radius 2 is 2.29 bits per heavy atom. The molecule has 0 unspecified atom stereocenters. The van der Waals surface area contributed by atoms with E-state index in [0.29, 0.717) is 0 Å². The van der Waals surface area contributed by atoms with Gasteiger partial charge in [-0.15, -0.1) is 0 Å². The van der Waals surface area contributed by atoms with E-state index in [1.165, 1.54) is 0 Å². The molecule has 0 radical (unpaired) electrons. The molecule has 2 heterocycles. The number of imidazole rings is 2. The van der Waals surface area contributed by atoms with Crippen LogP contribution in [0.15, 0.2) is 12.4 Å². The Kier molecular flexibility index (Phi) is 2.11. The Hall–Kier alpha value is -1.58. The lowest BCUT2D eigenvalue weighted by molar-refractivity contribution is 0.858. The molecular formula is C10H14N4. The normalized spacial score (nSPS) is 10.8. The van der Waals surface area contributed by atoms with Crippen molar-refractivity contribution in [2.45, 2.75) is 20.3 Å². The second kappa shape index (κ2) is 3.29. The molecule has 14 heavy (non-hydrogen) atoms. The van der Waals surface area contributed by atoms with Crippen LogP contribution in [0.2, 0.25) is 0 Å². The number of hydrogen-bond donors (Lipinski definition) is 1. The van der Waals surface area contributed by atoms with E-state index in [2.05, 4.69) is 21.9 Å². The first-order chi connectivity index (χ1) is 6.70. The molecule has 0 aromatic carbocycles. The fraction of sp³-hybridized carbons (Fsp3) is 0.400. The van der Waals surface area contributed by atoms with E-state index in [9.17, 15) is 0 Å². The van der Waals surface area contributed by atoms with E-state index in [1.54, 1.807) is 0 Å². The van der Waals surface area contributed by atoms with Crippen molar-refractivity contribution in [2.75, 3.05) is 0 Å². The van der Waals surface area contributed by atoms with E-state index in [4.69, 9.17) is 0 Å². The zero-order valence-electron chi connectivity index (χ0n) is 8.70. The lowest BCUT2D eigenvalue weighted by Gasteiger charge is -1.88. The summed E-state index contributed by atoms with van der Waals surface area (Å²) in [5.41, 5.74) is 2.05. The van der Waals surface area contributed by atoms with Gasteiger partial charge in [-0.25, -0.2) is 9.97 Å². The summed E-state index contributed by atoms with van der Waals surface area (Å²) in [4.78, 5) is 11.9. The van der Waals surface area contributed by atoms with Gasteiger partial charge in [0.1, 0.15) is 11.5 Å². The van der Waals surface area contributed by atoms with Gasteiger partial charge in [0.15, 0.2) is 5.82 Å². The van der Waals surface area contributed by atoms with Gasteiger partial charge in [0, 0.05) is 25.1 Å². The van der Waals surface area contributed by atoms with Crippen molar-refractivity contribution < 1.29 is 0 Å². The first-order valence-corrected chi connectivity index (χ1v) is 4.75. The zero-order chi connectivity index (χ0) is 10.1. The lowest BCUT2D eigenvalue weighted by Crippen LogP contribution is -1.86. The third kappa shape index (κ3) is 1.43. The molecule has 4 nitrogen and oxygen atoms in total. The molecule has 2 rings (SSSR count). The van der Waals surface area contributed by atoms with Gasteiger partial charge in [0.2, 0.25) is 0 Å². The Morgan fingerprint density at radius 1 is 1.50 bits per heavy atom. The Balaban J connectivity index is 2.39. The first kappa shape index (κ1) is 8.99. The van der Waals surface area contributed by atoms with E-state index in [0.717, 1.165) is 29.5 Å². The minimum Gasteiger partial charge on any atom is -0.341 e. The van der Waals surface area contributed by atoms with Crippen molar-refractivity contribution >= 4 is 0 Å². The number of nitrogens with one attached hydrogen (secondary N) is 1. The molecule has 0 spiro atoms. The summed E-state index contributed by atoms with van der Waals surface area (Å²) in [6, 6.07) is 0. The predicted molar refractivity (Wildman–Crippen MR) is 54.9 cm³/mol. The number of hydrogen-bond acceptors (Lipinski definition) is 2. The van der Waals surface area contributed by atoms with Crippen molar-refractivity contribution in [1.29, 1.82) is 0 Å². The minimum absolute atomic E-state index is 0.852. The number of aryl methyl sites for hydroxylation is 3. The van der Waals surface area contributed by atoms with Crippen LogP contribution >= 0.6 is 0 Å². The summed E-state index contributed by atoms with van der Waals surface area (Å²) in [6.07, 6.45) is 4.81. The minimum atomic E-state index is 0.852. The van der Waals surface area contributed by atoms with Gasteiger partial charge in [-0.05, 0) is 13.3 Å². The van der Waals surface area contributed by atoms with E-state index < -0.39 is 0 Å². The van der Waals surface area contributed by atoms with E-state index in [-0.39, 0.29) is 0 Å². The summed E-state index contributed by atoms with van der Waals surface area (Å²) in [7, 11) is 1.98. The van der Waals surface area contributed by atoms with Crippen LogP contribution in [0, 0.1) is 6.92 Å². The molecule has 0 aliphatic heterocycles. The fourth-order valence-corrected chi connectivity index (χ4v) is 1.34. The van der Waals surface area contributed by atoms with Crippen LogP contribution in [0.25, 0.3) is 11.5 Å². The van der Waals surface area contributed by atoms with Crippen LogP contribution in [-0.2, 0) is 13.5 Å². The maximum absolute atomic E-state index is 4.40. The average Bonchev–Trinajstić information content (AvgIpc) is 2.74. The molecule has 0 saturated carbocycles. The molecule has 2 aromatic heterocycles. The Morgan fingerprint density at radius 3 is 2.79 bits per heavy atom. The highest BCUT2D eigenvalue weighted by Crippen LogP contribution is 2.14. The van der Waals surface area contributed by atoms with Crippen LogP contribution in [0.4, 0.5) is 0 Å². The van der Waals surface area contributed by atoms with Gasteiger partial charge in [0.25, 0.3) is 0 Å². The van der Waals surface area contributed by atoms with E-state index in [1.807, 2.05) is 30.9 Å². The first-order valence-electron chi connectivity index (χ1n) is 4.75. The lowest BCUT2D eigenvalue weighted by atomic mass is 10.4. The Labute approximate surface area is 83.0 Å². The second-order valence-electron chi connectivity index (χ2n) is 3.39. The molecule has 4 heteroatoms. The smallest absolute Gasteiger partial charge is 0.157 e. The zero-order valence-corrected chi connectivity index (χ0v) is 8.70. The summed E-state index contributed by atoms with van der Waals surface area (Å²) in [6.45, 7) is 4.08. The van der Waals surface area contributed by atoms with Gasteiger partial charge >= 0.3 is 0 Å². The van der Waals surface area contributed by atoms with Crippen LogP contribution in [-0.4, -0.2) is 19.5 Å². The van der Waals surface area contributed by atoms with Crippen LogP contribution in [0.3, 0.4) is 0 Å². The second-order valence-corrected chi connectivity index (χ2v) is 3.39. The van der Waals surface area contributed by atoms with Crippen molar-refractivity contribution in [3.8, 4) is 11.5 Å². The van der Waals surface area contributed by atoms with Crippen LogP contribution in [0.1, 0.15) is 18.4 Å². The third-order valence-corrected chi connectivity index (χ3v) is 2.36. The number of aromatic amines is 1. The molecule has 1 N–H and O–H groups in total. The summed E-state index contributed by atoms with van der Waals surface area (Å²) in [5.74, 6) is 1.85. The molecule has 0 saturated heterocycles. The maximum Gasteiger partial charge on any atom is 0.157 e. The molecule has 0 atom stereocenters. The quantitative estimate of drug-likeness (QED) is 0.783. The number of H-pyrrole nitrogens is 1. The summed E-state index contributed by atoms with van der Waals surface area (Å²) >= 11 is 0. The third-order valence-electron chi connectivity index (χ3n) is 2.36. The number of rotatable bonds is 2. The van der Waals surface area contributed by atoms with Crippen LogP contribution in [0.5, 0.6) is 0 Å². The molecule has 0 aliphatic rings. The van der Waals surface area contributed by atoms with E-state index >= 15 is 0 Å². The summed E-state index contributed by atoms with van der Waals surface area (Å²) in [5, 5.41) is 0. The molecular weight excluding hydrogens is 176 g/mol. The number of aromatic nitrogens is 4. The van der Waals surface area contributed by atoms with Crippen molar-refractivity contribution in [1.82, 2.24) is 19.5 Å². The van der Waals surface area contributed by atoms with Crippen molar-refractivity contribution in [2.24, 2.45) is 7.05 Å². The predicted octanol–water partition coefficient (Wildman–Crippen LogP) is 1.68. The average molecular weight is 190 g/mol. The Bertz CT molecular complexity index is 419. The largest absolute Gasteiger partial charge is 0.341 e. The highest BCUT2D eigenvalue weighted by Gasteiger charge is 2.07. The highest BCUT2D eigenvalue weighted by molar-refractivity contribution is 5.48. The van der Waals surface area contributed by atoms with Crippen molar-refractivity contribution in [3.05, 3.63) is 23.9 Å². The standard InChI is InChI=1S/C10H14N4/c1-4-8-5-11-10(13-8)9-6-14(3)7(2)12-9/h5-6H,4H2,1-3H3,(H,11,13). The van der Waals surface area contributed by atoms with Gasteiger partial charge in [-0.1, -0.05) is 6.92 Å². The topological polar surface area (TPSA) is 46.5 Å². The summed E-state index contributed by atoms with van der Waals surface area (Å²) < 4.78 is 1.99.